The number of carboxylic acids is 1. The summed E-state index contributed by atoms with van der Waals surface area (Å²) in [4.78, 5) is 37.5. The number of carbonyl (C=O) groups is 3. The molecule has 7 nitrogen and oxygen atoms in total. The van der Waals surface area contributed by atoms with Crippen molar-refractivity contribution in [2.24, 2.45) is 5.92 Å². The Labute approximate surface area is 214 Å². The summed E-state index contributed by atoms with van der Waals surface area (Å²) in [5.41, 5.74) is -0.628. The van der Waals surface area contributed by atoms with Gasteiger partial charge in [-0.15, -0.1) is 0 Å². The Bertz CT molecular complexity index is 1440. The van der Waals surface area contributed by atoms with Gasteiger partial charge in [-0.2, -0.15) is 23.0 Å². The predicted molar refractivity (Wildman–Crippen MR) is 131 cm³/mol. The molecule has 0 spiro atoms. The van der Waals surface area contributed by atoms with E-state index in [1.807, 2.05) is 0 Å². The second-order valence-electron chi connectivity index (χ2n) is 9.12. The average Bonchev–Trinajstić information content (AvgIpc) is 3.21. The fourth-order valence-corrected chi connectivity index (χ4v) is 4.61. The normalized spacial score (nSPS) is 16.1. The van der Waals surface area contributed by atoms with E-state index in [2.05, 4.69) is 10.4 Å². The monoisotopic (exact) mass is 533 g/mol. The first kappa shape index (κ1) is 26.4. The zero-order chi connectivity index (χ0) is 27.1. The number of carboxylic acid groups (broad SMARTS) is 1. The van der Waals surface area contributed by atoms with Crippen molar-refractivity contribution >= 4 is 45.9 Å². The van der Waals surface area contributed by atoms with Crippen LogP contribution in [0.15, 0.2) is 42.5 Å². The van der Waals surface area contributed by atoms with Gasteiger partial charge in [0.15, 0.2) is 0 Å². The molecule has 2 N–H and O–H groups in total. The topological polar surface area (TPSA) is 101 Å². The maximum Gasteiger partial charge on any atom is 0.417 e. The summed E-state index contributed by atoms with van der Waals surface area (Å²) < 4.78 is 42.1. The minimum absolute atomic E-state index is 0.130. The average molecular weight is 534 g/mol. The summed E-state index contributed by atoms with van der Waals surface area (Å²) >= 11 is 6.08. The summed E-state index contributed by atoms with van der Waals surface area (Å²) in [6, 6.07) is 7.41. The highest BCUT2D eigenvalue weighted by molar-refractivity contribution is 6.34. The molecule has 0 aliphatic heterocycles. The number of hydrogen-bond acceptors (Lipinski definition) is 4. The Balaban J connectivity index is 1.91. The van der Waals surface area contributed by atoms with E-state index in [9.17, 15) is 32.7 Å². The molecule has 0 radical (unpaired) electrons. The van der Waals surface area contributed by atoms with Gasteiger partial charge in [-0.25, -0.2) is 0 Å². The van der Waals surface area contributed by atoms with Crippen molar-refractivity contribution in [3.05, 3.63) is 69.9 Å². The molecular weight excluding hydrogens is 511 g/mol. The molecule has 1 atom stereocenters. The lowest BCUT2D eigenvalue weighted by molar-refractivity contribution is -0.142. The number of alkyl halides is 3. The molecule has 1 aliphatic carbocycles. The number of hydrogen-bond donors (Lipinski definition) is 2. The molecule has 1 amide bonds. The van der Waals surface area contributed by atoms with E-state index in [1.165, 1.54) is 12.1 Å². The first-order valence-corrected chi connectivity index (χ1v) is 11.9. The van der Waals surface area contributed by atoms with Crippen LogP contribution < -0.4 is 5.32 Å². The first-order valence-electron chi connectivity index (χ1n) is 11.5. The van der Waals surface area contributed by atoms with Crippen molar-refractivity contribution in [3.8, 4) is 0 Å². The molecule has 37 heavy (non-hydrogen) atoms. The highest BCUT2D eigenvalue weighted by Crippen LogP contribution is 2.38. The Morgan fingerprint density at radius 1 is 1.19 bits per heavy atom. The van der Waals surface area contributed by atoms with Crippen LogP contribution in [0.25, 0.3) is 16.5 Å². The molecule has 1 unspecified atom stereocenters. The molecule has 1 aromatic heterocycles. The number of benzene rings is 2. The number of fused-ring (bicyclic) bond motifs is 1. The van der Waals surface area contributed by atoms with Gasteiger partial charge in [-0.05, 0) is 69.0 Å². The van der Waals surface area contributed by atoms with Gasteiger partial charge in [-0.3, -0.25) is 14.4 Å². The fourth-order valence-electron chi connectivity index (χ4n) is 4.35. The van der Waals surface area contributed by atoms with Crippen LogP contribution in [0.4, 0.5) is 13.2 Å². The molecule has 0 saturated heterocycles. The Kier molecular flexibility index (Phi) is 7.14. The van der Waals surface area contributed by atoms with Crippen molar-refractivity contribution in [1.29, 1.82) is 0 Å². The lowest BCUT2D eigenvalue weighted by Gasteiger charge is -2.17. The van der Waals surface area contributed by atoms with Crippen LogP contribution in [0.1, 0.15) is 65.1 Å². The molecule has 4 rings (SSSR count). The van der Waals surface area contributed by atoms with Gasteiger partial charge in [0.2, 0.25) is 0 Å². The first-order chi connectivity index (χ1) is 17.4. The Morgan fingerprint density at radius 3 is 2.51 bits per heavy atom. The number of halogens is 4. The number of amides is 1. The van der Waals surface area contributed by atoms with Gasteiger partial charge in [0, 0.05) is 17.0 Å². The number of rotatable bonds is 5. The van der Waals surface area contributed by atoms with Gasteiger partial charge < -0.3 is 10.4 Å². The van der Waals surface area contributed by atoms with E-state index >= 15 is 0 Å². The van der Waals surface area contributed by atoms with Crippen LogP contribution in [0, 0.1) is 5.92 Å². The Hall–Kier alpha value is -3.66. The molecule has 3 aromatic rings. The zero-order valence-electron chi connectivity index (χ0n) is 19.9. The van der Waals surface area contributed by atoms with Crippen molar-refractivity contribution < 1.29 is 32.7 Å². The largest absolute Gasteiger partial charge is 0.481 e. The second-order valence-corrected chi connectivity index (χ2v) is 9.53. The predicted octanol–water partition coefficient (Wildman–Crippen LogP) is 5.80. The van der Waals surface area contributed by atoms with Gasteiger partial charge in [0.25, 0.3) is 11.8 Å². The number of aromatic nitrogens is 2. The third kappa shape index (κ3) is 5.24. The van der Waals surface area contributed by atoms with E-state index < -0.39 is 41.0 Å². The molecule has 1 heterocycles. The van der Waals surface area contributed by atoms with Crippen LogP contribution in [0.2, 0.25) is 5.02 Å². The number of allylic oxidation sites excluding steroid dienone is 2. The molecule has 11 heteroatoms. The maximum absolute atomic E-state index is 13.8. The summed E-state index contributed by atoms with van der Waals surface area (Å²) in [5.74, 6) is -2.99. The Morgan fingerprint density at radius 2 is 1.92 bits per heavy atom. The molecule has 0 fully saturated rings. The third-order valence-corrected chi connectivity index (χ3v) is 6.47. The molecule has 0 saturated carbocycles. The maximum atomic E-state index is 13.8. The smallest absolute Gasteiger partial charge is 0.417 e. The van der Waals surface area contributed by atoms with Crippen LogP contribution in [0.3, 0.4) is 0 Å². The molecule has 0 bridgehead atoms. The van der Waals surface area contributed by atoms with Crippen molar-refractivity contribution in [1.82, 2.24) is 15.1 Å². The standard InChI is InChI=1S/C26H23ClF3N3O4/c1-13(2)31-23(34)16-10-11-17-20(12-16)33(32-22(17)14-6-8-15(9-7-14)25(36)37)24(35)21-18(26(28,29)30)4-3-5-19(21)27/h3-6,10-13,15H,7-9H2,1-2H3,(H,31,34)(H,36,37). The van der Waals surface area contributed by atoms with Crippen LogP contribution in [0.5, 0.6) is 0 Å². The van der Waals surface area contributed by atoms with E-state index in [1.54, 1.807) is 32.1 Å². The summed E-state index contributed by atoms with van der Waals surface area (Å²) in [6.45, 7) is 3.55. The van der Waals surface area contributed by atoms with Gasteiger partial charge in [0.1, 0.15) is 0 Å². The quantitative estimate of drug-likeness (QED) is 0.431. The minimum Gasteiger partial charge on any atom is -0.481 e. The lowest BCUT2D eigenvalue weighted by atomic mass is 9.87. The van der Waals surface area contributed by atoms with Crippen molar-refractivity contribution in [2.45, 2.75) is 45.3 Å². The van der Waals surface area contributed by atoms with E-state index in [-0.39, 0.29) is 28.6 Å². The number of nitrogens with one attached hydrogen (secondary N) is 1. The minimum atomic E-state index is -4.85. The highest BCUT2D eigenvalue weighted by Gasteiger charge is 2.37. The summed E-state index contributed by atoms with van der Waals surface area (Å²) in [5, 5.41) is 16.5. The zero-order valence-corrected chi connectivity index (χ0v) is 20.7. The van der Waals surface area contributed by atoms with E-state index in [0.717, 1.165) is 16.8 Å². The highest BCUT2D eigenvalue weighted by atomic mass is 35.5. The third-order valence-electron chi connectivity index (χ3n) is 6.15. The molecule has 1 aliphatic rings. The second kappa shape index (κ2) is 10.0. The van der Waals surface area contributed by atoms with Crippen molar-refractivity contribution in [3.63, 3.8) is 0 Å². The number of aliphatic carboxylic acids is 1. The molecule has 194 valence electrons. The lowest BCUT2D eigenvalue weighted by Crippen LogP contribution is -2.30. The van der Waals surface area contributed by atoms with Crippen LogP contribution in [-0.2, 0) is 11.0 Å². The summed E-state index contributed by atoms with van der Waals surface area (Å²) in [7, 11) is 0. The molecular formula is C26H23ClF3N3O4. The van der Waals surface area contributed by atoms with Crippen molar-refractivity contribution in [2.75, 3.05) is 0 Å². The van der Waals surface area contributed by atoms with Gasteiger partial charge in [-0.1, -0.05) is 23.7 Å². The SMILES string of the molecule is CC(C)NC(=O)c1ccc2c(C3=CCC(C(=O)O)CC3)nn(C(=O)c3c(Cl)cccc3C(F)(F)F)c2c1. The molecule has 2 aromatic carbocycles. The van der Waals surface area contributed by atoms with Gasteiger partial charge >= 0.3 is 12.1 Å². The van der Waals surface area contributed by atoms with Crippen LogP contribution >= 0.6 is 11.6 Å². The van der Waals surface area contributed by atoms with E-state index in [0.29, 0.717) is 29.5 Å². The number of nitrogens with zero attached hydrogens (tertiary/aromatic N) is 2. The van der Waals surface area contributed by atoms with Crippen LogP contribution in [-0.4, -0.2) is 38.7 Å². The summed E-state index contributed by atoms with van der Waals surface area (Å²) in [6.07, 6.45) is -2.17. The fraction of sp³-hybridized carbons (Fsp3) is 0.308. The van der Waals surface area contributed by atoms with E-state index in [4.69, 9.17) is 11.6 Å². The number of carbonyl (C=O) groups excluding carboxylic acids is 2. The van der Waals surface area contributed by atoms with Gasteiger partial charge in [0.05, 0.1) is 33.3 Å².